The number of methoxy groups -OCH3 is 1. The summed E-state index contributed by atoms with van der Waals surface area (Å²) in [5.74, 6) is 2.57. The highest BCUT2D eigenvalue weighted by Gasteiger charge is 2.34. The second-order valence-electron chi connectivity index (χ2n) is 6.37. The van der Waals surface area contributed by atoms with E-state index < -0.39 is 0 Å². The molecule has 0 aromatic rings. The summed E-state index contributed by atoms with van der Waals surface area (Å²) in [6.07, 6.45) is 6.59. The van der Waals surface area contributed by atoms with Crippen LogP contribution in [0.15, 0.2) is 0 Å². The molecule has 106 valence electrons. The van der Waals surface area contributed by atoms with Crippen LogP contribution in [0, 0.1) is 23.7 Å². The molecule has 3 atom stereocenters. The quantitative estimate of drug-likeness (QED) is 0.684. The van der Waals surface area contributed by atoms with Crippen LogP contribution < -0.4 is 0 Å². The maximum Gasteiger partial charge on any atom is 0.136 e. The van der Waals surface area contributed by atoms with E-state index in [1.54, 1.807) is 7.11 Å². The van der Waals surface area contributed by atoms with Crippen molar-refractivity contribution in [1.82, 2.24) is 0 Å². The van der Waals surface area contributed by atoms with Crippen LogP contribution >= 0.6 is 0 Å². The van der Waals surface area contributed by atoms with E-state index in [1.165, 1.54) is 19.3 Å². The van der Waals surface area contributed by atoms with E-state index in [0.29, 0.717) is 29.5 Å². The second-order valence-corrected chi connectivity index (χ2v) is 6.37. The Balaban J connectivity index is 2.56. The third kappa shape index (κ3) is 4.72. The highest BCUT2D eigenvalue weighted by molar-refractivity contribution is 5.81. The van der Waals surface area contributed by atoms with E-state index in [-0.39, 0.29) is 0 Å². The first-order valence-corrected chi connectivity index (χ1v) is 7.57. The van der Waals surface area contributed by atoms with Crippen molar-refractivity contribution in [3.05, 3.63) is 0 Å². The van der Waals surface area contributed by atoms with E-state index in [2.05, 4.69) is 20.8 Å². The minimum absolute atomic E-state index is 0.299. The van der Waals surface area contributed by atoms with Crippen molar-refractivity contribution in [2.24, 2.45) is 23.7 Å². The summed E-state index contributed by atoms with van der Waals surface area (Å²) in [5.41, 5.74) is 0. The average molecular weight is 254 g/mol. The third-order valence-corrected chi connectivity index (χ3v) is 4.39. The fraction of sp³-hybridized carbons (Fsp3) is 0.938. The second kappa shape index (κ2) is 7.93. The molecule has 1 aliphatic carbocycles. The molecule has 2 heteroatoms. The van der Waals surface area contributed by atoms with Gasteiger partial charge in [-0.2, -0.15) is 0 Å². The van der Waals surface area contributed by atoms with Gasteiger partial charge in [0.15, 0.2) is 0 Å². The van der Waals surface area contributed by atoms with Crippen LogP contribution in [0.1, 0.15) is 59.3 Å². The first-order chi connectivity index (χ1) is 8.56. The summed E-state index contributed by atoms with van der Waals surface area (Å²) in [6, 6.07) is 0. The Hall–Kier alpha value is -0.370. The summed E-state index contributed by atoms with van der Waals surface area (Å²) in [7, 11) is 1.75. The molecule has 2 nitrogen and oxygen atoms in total. The zero-order chi connectivity index (χ0) is 13.5. The van der Waals surface area contributed by atoms with Crippen LogP contribution in [0.5, 0.6) is 0 Å². The summed E-state index contributed by atoms with van der Waals surface area (Å²) in [5, 5.41) is 0. The van der Waals surface area contributed by atoms with Crippen molar-refractivity contribution in [2.45, 2.75) is 59.3 Å². The number of hydrogen-bond donors (Lipinski definition) is 0. The number of rotatable bonds is 7. The molecule has 0 saturated heterocycles. The van der Waals surface area contributed by atoms with Gasteiger partial charge < -0.3 is 4.74 Å². The molecule has 0 spiro atoms. The molecule has 0 radical (unpaired) electrons. The molecule has 1 aliphatic rings. The van der Waals surface area contributed by atoms with E-state index in [4.69, 9.17) is 4.74 Å². The standard InChI is InChI=1S/C16H30O2/c1-12(2)8-9-15(17)16-13(3)6-5-7-14(16)10-11-18-4/h12-14,16H,5-11H2,1-4H3. The van der Waals surface area contributed by atoms with Crippen LogP contribution in [0.4, 0.5) is 0 Å². The molecule has 0 aromatic carbocycles. The minimum Gasteiger partial charge on any atom is -0.385 e. The van der Waals surface area contributed by atoms with Gasteiger partial charge in [0, 0.05) is 26.1 Å². The van der Waals surface area contributed by atoms with Crippen molar-refractivity contribution >= 4 is 5.78 Å². The first-order valence-electron chi connectivity index (χ1n) is 7.57. The molecule has 0 amide bonds. The van der Waals surface area contributed by atoms with Crippen molar-refractivity contribution in [1.29, 1.82) is 0 Å². The molecule has 0 N–H and O–H groups in total. The summed E-state index contributed by atoms with van der Waals surface area (Å²) < 4.78 is 5.19. The molecular formula is C16H30O2. The molecule has 0 aliphatic heterocycles. The fourth-order valence-electron chi connectivity index (χ4n) is 3.30. The maximum atomic E-state index is 12.4. The number of ketones is 1. The maximum absolute atomic E-state index is 12.4. The molecule has 1 rings (SSSR count). The fourth-order valence-corrected chi connectivity index (χ4v) is 3.30. The molecule has 0 aromatic heterocycles. The zero-order valence-corrected chi connectivity index (χ0v) is 12.6. The van der Waals surface area contributed by atoms with Crippen molar-refractivity contribution in [3.63, 3.8) is 0 Å². The van der Waals surface area contributed by atoms with Crippen LogP contribution in [-0.4, -0.2) is 19.5 Å². The topological polar surface area (TPSA) is 26.3 Å². The Labute approximate surface area is 112 Å². The van der Waals surface area contributed by atoms with Gasteiger partial charge in [-0.15, -0.1) is 0 Å². The molecule has 1 fully saturated rings. The Kier molecular flexibility index (Phi) is 6.91. The predicted molar refractivity (Wildman–Crippen MR) is 75.6 cm³/mol. The lowest BCUT2D eigenvalue weighted by molar-refractivity contribution is -0.128. The highest BCUT2D eigenvalue weighted by atomic mass is 16.5. The number of carbonyl (C=O) groups is 1. The van der Waals surface area contributed by atoms with Gasteiger partial charge in [-0.25, -0.2) is 0 Å². The number of carbonyl (C=O) groups excluding carboxylic acids is 1. The third-order valence-electron chi connectivity index (χ3n) is 4.39. The molecular weight excluding hydrogens is 224 g/mol. The van der Waals surface area contributed by atoms with Gasteiger partial charge >= 0.3 is 0 Å². The van der Waals surface area contributed by atoms with Crippen LogP contribution in [-0.2, 0) is 9.53 Å². The largest absolute Gasteiger partial charge is 0.385 e. The Morgan fingerprint density at radius 1 is 1.33 bits per heavy atom. The minimum atomic E-state index is 0.299. The number of ether oxygens (including phenoxy) is 1. The van der Waals surface area contributed by atoms with E-state index in [0.717, 1.165) is 25.9 Å². The molecule has 3 unspecified atom stereocenters. The molecule has 0 heterocycles. The van der Waals surface area contributed by atoms with Gasteiger partial charge in [-0.05, 0) is 37.0 Å². The number of Topliss-reactive ketones (excluding diaryl/α,β-unsaturated/α-hetero) is 1. The lowest BCUT2D eigenvalue weighted by Gasteiger charge is -2.35. The van der Waals surface area contributed by atoms with Gasteiger partial charge in [-0.3, -0.25) is 4.79 Å². The van der Waals surface area contributed by atoms with E-state index in [1.807, 2.05) is 0 Å². The Morgan fingerprint density at radius 3 is 2.67 bits per heavy atom. The lowest BCUT2D eigenvalue weighted by Crippen LogP contribution is -2.34. The van der Waals surface area contributed by atoms with Gasteiger partial charge in [-0.1, -0.05) is 33.6 Å². The normalized spacial score (nSPS) is 28.6. The van der Waals surface area contributed by atoms with E-state index in [9.17, 15) is 4.79 Å². The van der Waals surface area contributed by atoms with Crippen LogP contribution in [0.2, 0.25) is 0 Å². The summed E-state index contributed by atoms with van der Waals surface area (Å²) in [4.78, 5) is 12.4. The van der Waals surface area contributed by atoms with Crippen molar-refractivity contribution in [2.75, 3.05) is 13.7 Å². The van der Waals surface area contributed by atoms with E-state index >= 15 is 0 Å². The first kappa shape index (κ1) is 15.7. The van der Waals surface area contributed by atoms with Gasteiger partial charge in [0.2, 0.25) is 0 Å². The SMILES string of the molecule is COCCC1CCCC(C)C1C(=O)CCC(C)C. The molecule has 1 saturated carbocycles. The highest BCUT2D eigenvalue weighted by Crippen LogP contribution is 2.38. The van der Waals surface area contributed by atoms with Crippen molar-refractivity contribution < 1.29 is 9.53 Å². The smallest absolute Gasteiger partial charge is 0.136 e. The predicted octanol–water partition coefficient (Wildman–Crippen LogP) is 4.08. The Morgan fingerprint density at radius 2 is 2.06 bits per heavy atom. The summed E-state index contributed by atoms with van der Waals surface area (Å²) >= 11 is 0. The monoisotopic (exact) mass is 254 g/mol. The molecule has 18 heavy (non-hydrogen) atoms. The van der Waals surface area contributed by atoms with Crippen LogP contribution in [0.25, 0.3) is 0 Å². The Bertz CT molecular complexity index is 247. The average Bonchev–Trinajstić information content (AvgIpc) is 2.33. The molecule has 0 bridgehead atoms. The van der Waals surface area contributed by atoms with Crippen molar-refractivity contribution in [3.8, 4) is 0 Å². The van der Waals surface area contributed by atoms with Crippen LogP contribution in [0.3, 0.4) is 0 Å². The summed E-state index contributed by atoms with van der Waals surface area (Å²) in [6.45, 7) is 7.45. The number of hydrogen-bond acceptors (Lipinski definition) is 2. The van der Waals surface area contributed by atoms with Gasteiger partial charge in [0.1, 0.15) is 5.78 Å². The zero-order valence-electron chi connectivity index (χ0n) is 12.6. The van der Waals surface area contributed by atoms with Gasteiger partial charge in [0.25, 0.3) is 0 Å². The lowest BCUT2D eigenvalue weighted by atomic mass is 9.69. The van der Waals surface area contributed by atoms with Gasteiger partial charge in [0.05, 0.1) is 0 Å².